The van der Waals surface area contributed by atoms with Crippen molar-refractivity contribution < 1.29 is 9.59 Å². The van der Waals surface area contributed by atoms with E-state index in [1.807, 2.05) is 53.8 Å². The zero-order valence-electron chi connectivity index (χ0n) is 15.7. The molecule has 26 heavy (non-hydrogen) atoms. The fraction of sp³-hybridized carbons (Fsp3) is 0.450. The first-order valence-corrected chi connectivity index (χ1v) is 9.09. The van der Waals surface area contributed by atoms with Crippen LogP contribution in [0.4, 0.5) is 0 Å². The molecule has 0 bridgehead atoms. The van der Waals surface area contributed by atoms with E-state index in [1.165, 1.54) is 0 Å². The Bertz CT molecular complexity index is 798. The number of carbonyl (C=O) groups excluding carboxylic acids is 2. The molecule has 2 amide bonds. The summed E-state index contributed by atoms with van der Waals surface area (Å²) in [4.78, 5) is 27.9. The molecule has 6 heteroatoms. The Morgan fingerprint density at radius 2 is 1.96 bits per heavy atom. The second-order valence-corrected chi connectivity index (χ2v) is 6.87. The third-order valence-electron chi connectivity index (χ3n) is 5.07. The van der Waals surface area contributed by atoms with E-state index < -0.39 is 0 Å². The summed E-state index contributed by atoms with van der Waals surface area (Å²) < 4.78 is 1.89. The van der Waals surface area contributed by atoms with E-state index in [2.05, 4.69) is 5.10 Å². The van der Waals surface area contributed by atoms with Crippen molar-refractivity contribution in [2.45, 2.75) is 33.1 Å². The zero-order chi connectivity index (χ0) is 18.7. The van der Waals surface area contributed by atoms with Gasteiger partial charge < -0.3 is 9.80 Å². The van der Waals surface area contributed by atoms with E-state index in [0.717, 1.165) is 35.6 Å². The van der Waals surface area contributed by atoms with Crippen molar-refractivity contribution in [3.05, 3.63) is 47.3 Å². The Morgan fingerprint density at radius 1 is 1.23 bits per heavy atom. The summed E-state index contributed by atoms with van der Waals surface area (Å²) in [6, 6.07) is 9.93. The van der Waals surface area contributed by atoms with Crippen LogP contribution in [0.5, 0.6) is 0 Å². The Kier molecular flexibility index (Phi) is 5.40. The minimum atomic E-state index is 0.0513. The molecule has 0 saturated carbocycles. The second-order valence-electron chi connectivity index (χ2n) is 6.87. The van der Waals surface area contributed by atoms with Gasteiger partial charge in [0.15, 0.2) is 0 Å². The summed E-state index contributed by atoms with van der Waals surface area (Å²) in [6.45, 7) is 5.93. The number of likely N-dealkylation sites (tertiary alicyclic amines) is 1. The highest BCUT2D eigenvalue weighted by Gasteiger charge is 2.22. The van der Waals surface area contributed by atoms with Gasteiger partial charge >= 0.3 is 0 Å². The third-order valence-corrected chi connectivity index (χ3v) is 5.07. The molecule has 1 aliphatic rings. The number of aryl methyl sites for hydroxylation is 1. The molecule has 2 aromatic rings. The van der Waals surface area contributed by atoms with Gasteiger partial charge in [0.1, 0.15) is 0 Å². The lowest BCUT2D eigenvalue weighted by Crippen LogP contribution is -2.37. The molecule has 1 aromatic carbocycles. The average molecular weight is 354 g/mol. The summed E-state index contributed by atoms with van der Waals surface area (Å²) in [5.74, 6) is 0.247. The second kappa shape index (κ2) is 7.72. The third kappa shape index (κ3) is 3.79. The molecule has 3 rings (SSSR count). The van der Waals surface area contributed by atoms with Gasteiger partial charge in [-0.05, 0) is 32.4 Å². The van der Waals surface area contributed by atoms with Crippen LogP contribution < -0.4 is 0 Å². The first-order chi connectivity index (χ1) is 12.5. The molecule has 1 saturated heterocycles. The molecule has 6 nitrogen and oxygen atoms in total. The smallest absolute Gasteiger partial charge is 0.226 e. The number of likely N-dealkylation sites (N-methyl/N-ethyl adjacent to an activating group) is 1. The highest BCUT2D eigenvalue weighted by atomic mass is 16.2. The predicted octanol–water partition coefficient (Wildman–Crippen LogP) is 2.11. The van der Waals surface area contributed by atoms with Crippen LogP contribution in [0, 0.1) is 13.8 Å². The van der Waals surface area contributed by atoms with Crippen molar-refractivity contribution in [3.63, 3.8) is 0 Å². The molecule has 0 N–H and O–H groups in total. The first kappa shape index (κ1) is 18.2. The van der Waals surface area contributed by atoms with Crippen LogP contribution in [0.3, 0.4) is 0 Å². The van der Waals surface area contributed by atoms with Crippen molar-refractivity contribution in [2.75, 3.05) is 26.7 Å². The maximum atomic E-state index is 12.6. The lowest BCUT2D eigenvalue weighted by molar-refractivity contribution is -0.132. The minimum absolute atomic E-state index is 0.0513. The molecule has 0 aliphatic carbocycles. The number of nitrogens with zero attached hydrogens (tertiary/aromatic N) is 4. The van der Waals surface area contributed by atoms with Crippen molar-refractivity contribution in [3.8, 4) is 5.69 Å². The van der Waals surface area contributed by atoms with Crippen molar-refractivity contribution >= 4 is 11.8 Å². The maximum Gasteiger partial charge on any atom is 0.226 e. The number of benzene rings is 1. The van der Waals surface area contributed by atoms with Gasteiger partial charge in [0.25, 0.3) is 0 Å². The number of aromatic nitrogens is 2. The predicted molar refractivity (Wildman–Crippen MR) is 100 cm³/mol. The topological polar surface area (TPSA) is 58.4 Å². The Morgan fingerprint density at radius 3 is 2.62 bits per heavy atom. The summed E-state index contributed by atoms with van der Waals surface area (Å²) in [7, 11) is 1.80. The molecular weight excluding hydrogens is 328 g/mol. The van der Waals surface area contributed by atoms with Crippen LogP contribution in [0.25, 0.3) is 5.69 Å². The van der Waals surface area contributed by atoms with Crippen molar-refractivity contribution in [1.29, 1.82) is 0 Å². The molecule has 1 fully saturated rings. The lowest BCUT2D eigenvalue weighted by atomic mass is 10.1. The fourth-order valence-electron chi connectivity index (χ4n) is 3.37. The molecule has 1 aromatic heterocycles. The highest BCUT2D eigenvalue weighted by Crippen LogP contribution is 2.19. The van der Waals surface area contributed by atoms with E-state index >= 15 is 0 Å². The minimum Gasteiger partial charge on any atom is -0.344 e. The monoisotopic (exact) mass is 354 g/mol. The van der Waals surface area contributed by atoms with Gasteiger partial charge in [-0.25, -0.2) is 4.68 Å². The van der Waals surface area contributed by atoms with Gasteiger partial charge in [-0.2, -0.15) is 5.10 Å². The standard InChI is InChI=1S/C20H26N4O2/c1-15-18(16(2)24(21-15)17-8-5-4-6-9-17)14-20(26)22(3)12-13-23-11-7-10-19(23)25/h4-6,8-9H,7,10-14H2,1-3H3. The van der Waals surface area contributed by atoms with Crippen molar-refractivity contribution in [2.24, 2.45) is 0 Å². The molecule has 1 aliphatic heterocycles. The number of rotatable bonds is 6. The number of carbonyl (C=O) groups is 2. The van der Waals surface area contributed by atoms with Gasteiger partial charge in [0.2, 0.25) is 11.8 Å². The van der Waals surface area contributed by atoms with E-state index in [1.54, 1.807) is 11.9 Å². The Hall–Kier alpha value is -2.63. The summed E-state index contributed by atoms with van der Waals surface area (Å²) >= 11 is 0. The van der Waals surface area contributed by atoms with Gasteiger partial charge in [-0.1, -0.05) is 18.2 Å². The van der Waals surface area contributed by atoms with Gasteiger partial charge in [-0.15, -0.1) is 0 Å². The normalized spacial score (nSPS) is 14.1. The number of para-hydroxylation sites is 1. The van der Waals surface area contributed by atoms with Crippen LogP contribution in [0.1, 0.15) is 29.8 Å². The molecule has 0 unspecified atom stereocenters. The molecular formula is C20H26N4O2. The largest absolute Gasteiger partial charge is 0.344 e. The lowest BCUT2D eigenvalue weighted by Gasteiger charge is -2.22. The Balaban J connectivity index is 1.65. The molecule has 0 spiro atoms. The zero-order valence-corrected chi connectivity index (χ0v) is 15.7. The maximum absolute atomic E-state index is 12.6. The van der Waals surface area contributed by atoms with Crippen LogP contribution in [-0.4, -0.2) is 58.1 Å². The molecule has 0 atom stereocenters. The number of hydrogen-bond acceptors (Lipinski definition) is 3. The van der Waals surface area contributed by atoms with E-state index in [9.17, 15) is 9.59 Å². The van der Waals surface area contributed by atoms with Gasteiger partial charge in [0.05, 0.1) is 17.8 Å². The summed E-state index contributed by atoms with van der Waals surface area (Å²) in [5.41, 5.74) is 3.84. The Labute approximate surface area is 154 Å². The SMILES string of the molecule is Cc1nn(-c2ccccc2)c(C)c1CC(=O)N(C)CCN1CCCC1=O. The summed E-state index contributed by atoms with van der Waals surface area (Å²) in [5, 5.41) is 4.60. The van der Waals surface area contributed by atoms with E-state index in [4.69, 9.17) is 0 Å². The van der Waals surface area contributed by atoms with Crippen LogP contribution in [-0.2, 0) is 16.0 Å². The summed E-state index contributed by atoms with van der Waals surface area (Å²) in [6.07, 6.45) is 1.89. The van der Waals surface area contributed by atoms with Crippen LogP contribution in [0.2, 0.25) is 0 Å². The molecule has 138 valence electrons. The average Bonchev–Trinajstić information content (AvgIpc) is 3.18. The van der Waals surface area contributed by atoms with Gasteiger partial charge in [-0.3, -0.25) is 9.59 Å². The van der Waals surface area contributed by atoms with E-state index in [0.29, 0.717) is 25.9 Å². The highest BCUT2D eigenvalue weighted by molar-refractivity contribution is 5.80. The van der Waals surface area contributed by atoms with Crippen molar-refractivity contribution in [1.82, 2.24) is 19.6 Å². The molecule has 2 heterocycles. The van der Waals surface area contributed by atoms with E-state index in [-0.39, 0.29) is 11.8 Å². The number of amides is 2. The quantitative estimate of drug-likeness (QED) is 0.798. The fourth-order valence-corrected chi connectivity index (χ4v) is 3.37. The molecule has 0 radical (unpaired) electrons. The van der Waals surface area contributed by atoms with Gasteiger partial charge in [0, 0.05) is 44.4 Å². The number of hydrogen-bond donors (Lipinski definition) is 0. The van der Waals surface area contributed by atoms with Crippen LogP contribution in [0.15, 0.2) is 30.3 Å². The van der Waals surface area contributed by atoms with Crippen LogP contribution >= 0.6 is 0 Å². The first-order valence-electron chi connectivity index (χ1n) is 9.09.